The van der Waals surface area contributed by atoms with E-state index in [9.17, 15) is 8.42 Å². The van der Waals surface area contributed by atoms with Crippen LogP contribution in [0, 0.1) is 12.3 Å². The predicted octanol–water partition coefficient (Wildman–Crippen LogP) is 0.466. The van der Waals surface area contributed by atoms with Crippen LogP contribution in [0.3, 0.4) is 0 Å². The highest BCUT2D eigenvalue weighted by Gasteiger charge is 2.06. The maximum atomic E-state index is 11.0. The summed E-state index contributed by atoms with van der Waals surface area (Å²) >= 11 is 0. The minimum Gasteiger partial charge on any atom is -0.262 e. The van der Waals surface area contributed by atoms with Crippen LogP contribution in [0.2, 0.25) is 0 Å². The molecule has 0 fully saturated rings. The largest absolute Gasteiger partial charge is 0.262 e. The lowest BCUT2D eigenvalue weighted by molar-refractivity contribution is 0.601. The van der Waals surface area contributed by atoms with E-state index >= 15 is 0 Å². The van der Waals surface area contributed by atoms with Crippen molar-refractivity contribution in [2.24, 2.45) is 0 Å². The Hall–Kier alpha value is -1.34. The van der Waals surface area contributed by atoms with Gasteiger partial charge in [0.1, 0.15) is 0 Å². The molecular formula is C8H7NO2S. The van der Waals surface area contributed by atoms with E-state index in [-0.39, 0.29) is 4.90 Å². The molecule has 4 heteroatoms. The van der Waals surface area contributed by atoms with E-state index in [1.165, 1.54) is 18.5 Å². The van der Waals surface area contributed by atoms with Crippen LogP contribution in [0.25, 0.3) is 0 Å². The molecule has 3 nitrogen and oxygen atoms in total. The van der Waals surface area contributed by atoms with Crippen LogP contribution in [0.15, 0.2) is 23.4 Å². The SMILES string of the molecule is C#Cc1cncc(S(C)(=O)=O)c1. The minimum atomic E-state index is -3.19. The Morgan fingerprint density at radius 3 is 2.67 bits per heavy atom. The van der Waals surface area contributed by atoms with Gasteiger partial charge in [0, 0.05) is 24.2 Å². The lowest BCUT2D eigenvalue weighted by atomic mass is 10.3. The number of pyridine rings is 1. The van der Waals surface area contributed by atoms with E-state index in [1.807, 2.05) is 0 Å². The van der Waals surface area contributed by atoms with Gasteiger partial charge in [-0.2, -0.15) is 0 Å². The third-order valence-corrected chi connectivity index (χ3v) is 2.39. The third-order valence-electron chi connectivity index (χ3n) is 1.31. The number of aromatic nitrogens is 1. The molecule has 0 radical (unpaired) electrons. The monoisotopic (exact) mass is 181 g/mol. The smallest absolute Gasteiger partial charge is 0.177 e. The molecule has 12 heavy (non-hydrogen) atoms. The van der Waals surface area contributed by atoms with E-state index in [0.29, 0.717) is 5.56 Å². The van der Waals surface area contributed by atoms with Crippen LogP contribution in [-0.2, 0) is 9.84 Å². The Kier molecular flexibility index (Phi) is 2.15. The van der Waals surface area contributed by atoms with E-state index in [1.54, 1.807) is 0 Å². The quantitative estimate of drug-likeness (QED) is 0.591. The first-order valence-corrected chi connectivity index (χ1v) is 5.05. The molecule has 0 unspecified atom stereocenters. The van der Waals surface area contributed by atoms with E-state index < -0.39 is 9.84 Å². The van der Waals surface area contributed by atoms with Crippen molar-refractivity contribution >= 4 is 9.84 Å². The van der Waals surface area contributed by atoms with Crippen LogP contribution in [0.5, 0.6) is 0 Å². The fourth-order valence-electron chi connectivity index (χ4n) is 0.701. The molecule has 0 bridgehead atoms. The summed E-state index contributed by atoms with van der Waals surface area (Å²) in [6.07, 6.45) is 8.91. The summed E-state index contributed by atoms with van der Waals surface area (Å²) in [6.45, 7) is 0. The van der Waals surface area contributed by atoms with Gasteiger partial charge in [-0.25, -0.2) is 8.42 Å². The topological polar surface area (TPSA) is 47.0 Å². The Labute approximate surface area is 71.4 Å². The zero-order valence-electron chi connectivity index (χ0n) is 6.48. The normalized spacial score (nSPS) is 10.7. The fraction of sp³-hybridized carbons (Fsp3) is 0.125. The Bertz CT molecular complexity index is 429. The summed E-state index contributed by atoms with van der Waals surface area (Å²) in [7, 11) is -3.19. The van der Waals surface area contributed by atoms with E-state index in [4.69, 9.17) is 6.42 Å². The second kappa shape index (κ2) is 2.95. The molecule has 0 aromatic carbocycles. The highest BCUT2D eigenvalue weighted by molar-refractivity contribution is 7.90. The van der Waals surface area contributed by atoms with Crippen LogP contribution < -0.4 is 0 Å². The predicted molar refractivity (Wildman–Crippen MR) is 45.3 cm³/mol. The maximum absolute atomic E-state index is 11.0. The van der Waals surface area contributed by atoms with Gasteiger partial charge in [0.2, 0.25) is 0 Å². The van der Waals surface area contributed by atoms with Crippen LogP contribution >= 0.6 is 0 Å². The van der Waals surface area contributed by atoms with Gasteiger partial charge in [-0.15, -0.1) is 6.42 Å². The second-order valence-electron chi connectivity index (χ2n) is 2.33. The Morgan fingerprint density at radius 2 is 2.17 bits per heavy atom. The zero-order valence-corrected chi connectivity index (χ0v) is 7.30. The van der Waals surface area contributed by atoms with Crippen molar-refractivity contribution in [1.82, 2.24) is 4.98 Å². The van der Waals surface area contributed by atoms with Crippen molar-refractivity contribution < 1.29 is 8.42 Å². The van der Waals surface area contributed by atoms with Crippen LogP contribution in [0.4, 0.5) is 0 Å². The Balaban J connectivity index is 3.32. The molecule has 0 aliphatic rings. The molecule has 0 N–H and O–H groups in total. The summed E-state index contributed by atoms with van der Waals surface area (Å²) in [6, 6.07) is 1.42. The Morgan fingerprint density at radius 1 is 1.50 bits per heavy atom. The first kappa shape index (κ1) is 8.75. The number of hydrogen-bond donors (Lipinski definition) is 0. The number of sulfone groups is 1. The average Bonchev–Trinajstić information content (AvgIpc) is 2.03. The van der Waals surface area contributed by atoms with E-state index in [0.717, 1.165) is 6.26 Å². The lowest BCUT2D eigenvalue weighted by Crippen LogP contribution is -1.97. The van der Waals surface area contributed by atoms with E-state index in [2.05, 4.69) is 10.9 Å². The zero-order chi connectivity index (χ0) is 9.19. The molecule has 1 aromatic rings. The standard InChI is InChI=1S/C8H7NO2S/c1-3-7-4-8(6-9-5-7)12(2,10)11/h1,4-6H,2H3. The molecule has 0 atom stereocenters. The van der Waals surface area contributed by atoms with Gasteiger partial charge in [0.05, 0.1) is 4.90 Å². The van der Waals surface area contributed by atoms with Crippen molar-refractivity contribution in [1.29, 1.82) is 0 Å². The van der Waals surface area contributed by atoms with Crippen LogP contribution in [0.1, 0.15) is 5.56 Å². The van der Waals surface area contributed by atoms with Gasteiger partial charge < -0.3 is 0 Å². The number of terminal acetylenes is 1. The van der Waals surface area contributed by atoms with Crippen molar-refractivity contribution in [2.45, 2.75) is 4.90 Å². The number of rotatable bonds is 1. The number of nitrogens with zero attached hydrogens (tertiary/aromatic N) is 1. The molecular weight excluding hydrogens is 174 g/mol. The molecule has 1 rings (SSSR count). The van der Waals surface area contributed by atoms with Gasteiger partial charge in [0.25, 0.3) is 0 Å². The molecule has 1 heterocycles. The fourth-order valence-corrected chi connectivity index (χ4v) is 1.29. The molecule has 1 aromatic heterocycles. The molecule has 0 saturated heterocycles. The molecule has 0 spiro atoms. The average molecular weight is 181 g/mol. The summed E-state index contributed by atoms with van der Waals surface area (Å²) in [5.41, 5.74) is 0.470. The van der Waals surface area contributed by atoms with Crippen molar-refractivity contribution in [3.63, 3.8) is 0 Å². The first-order chi connectivity index (χ1) is 5.54. The molecule has 0 saturated carbocycles. The summed E-state index contributed by atoms with van der Waals surface area (Å²) in [5, 5.41) is 0. The van der Waals surface area contributed by atoms with Crippen LogP contribution in [-0.4, -0.2) is 19.7 Å². The van der Waals surface area contributed by atoms with Gasteiger partial charge >= 0.3 is 0 Å². The summed E-state index contributed by atoms with van der Waals surface area (Å²) in [5.74, 6) is 2.31. The van der Waals surface area contributed by atoms with Gasteiger partial charge in [-0.05, 0) is 6.07 Å². The van der Waals surface area contributed by atoms with Gasteiger partial charge in [0.15, 0.2) is 9.84 Å². The lowest BCUT2D eigenvalue weighted by Gasteiger charge is -1.96. The van der Waals surface area contributed by atoms with Crippen molar-refractivity contribution in [2.75, 3.05) is 6.26 Å². The third kappa shape index (κ3) is 1.83. The maximum Gasteiger partial charge on any atom is 0.177 e. The molecule has 0 amide bonds. The number of hydrogen-bond acceptors (Lipinski definition) is 3. The van der Waals surface area contributed by atoms with Gasteiger partial charge in [-0.1, -0.05) is 5.92 Å². The van der Waals surface area contributed by atoms with Crippen molar-refractivity contribution in [3.8, 4) is 12.3 Å². The highest BCUT2D eigenvalue weighted by atomic mass is 32.2. The first-order valence-electron chi connectivity index (χ1n) is 3.16. The second-order valence-corrected chi connectivity index (χ2v) is 4.34. The molecule has 62 valence electrons. The summed E-state index contributed by atoms with van der Waals surface area (Å²) in [4.78, 5) is 3.85. The minimum absolute atomic E-state index is 0.151. The highest BCUT2D eigenvalue weighted by Crippen LogP contribution is 2.07. The summed E-state index contributed by atoms with van der Waals surface area (Å²) < 4.78 is 22.0. The van der Waals surface area contributed by atoms with Crippen molar-refractivity contribution in [3.05, 3.63) is 24.0 Å². The molecule has 0 aliphatic carbocycles. The van der Waals surface area contributed by atoms with Gasteiger partial charge in [-0.3, -0.25) is 4.98 Å². The molecule has 0 aliphatic heterocycles.